The Morgan fingerprint density at radius 1 is 0.913 bits per heavy atom. The first kappa shape index (κ1) is 16.9. The van der Waals surface area contributed by atoms with Gasteiger partial charge >= 0.3 is 10.1 Å². The zero-order valence-electron chi connectivity index (χ0n) is 11.1. The number of hydrogen-bond donors (Lipinski definition) is 0. The SMILES string of the molecule is COc1ccc(S(=O)(=O)Oc2c(F)c(F)c(F)c(F)c2F)nc1. The highest BCUT2D eigenvalue weighted by atomic mass is 32.2. The zero-order valence-corrected chi connectivity index (χ0v) is 11.9. The first-order valence-electron chi connectivity index (χ1n) is 5.65. The second-order valence-electron chi connectivity index (χ2n) is 3.97. The average Bonchev–Trinajstić information content (AvgIpc) is 2.55. The molecule has 1 aromatic heterocycles. The number of halogens is 5. The molecule has 1 aromatic carbocycles. The molecule has 11 heteroatoms. The summed E-state index contributed by atoms with van der Waals surface area (Å²) in [5.74, 6) is -13.7. The van der Waals surface area contributed by atoms with E-state index in [4.69, 9.17) is 4.74 Å². The van der Waals surface area contributed by atoms with E-state index < -0.39 is 50.0 Å². The molecule has 1 heterocycles. The van der Waals surface area contributed by atoms with Crippen LogP contribution in [0.3, 0.4) is 0 Å². The molecule has 5 nitrogen and oxygen atoms in total. The van der Waals surface area contributed by atoms with Gasteiger partial charge < -0.3 is 8.92 Å². The van der Waals surface area contributed by atoms with Crippen LogP contribution in [0, 0.1) is 29.1 Å². The van der Waals surface area contributed by atoms with Gasteiger partial charge in [-0.1, -0.05) is 0 Å². The van der Waals surface area contributed by atoms with Crippen LogP contribution in [0.25, 0.3) is 0 Å². The van der Waals surface area contributed by atoms with E-state index in [0.717, 1.165) is 18.3 Å². The monoisotopic (exact) mass is 355 g/mol. The minimum atomic E-state index is -4.93. The lowest BCUT2D eigenvalue weighted by Crippen LogP contribution is -2.15. The Morgan fingerprint density at radius 3 is 1.87 bits per heavy atom. The number of benzene rings is 1. The second kappa shape index (κ2) is 5.99. The van der Waals surface area contributed by atoms with Crippen LogP contribution in [0.1, 0.15) is 0 Å². The van der Waals surface area contributed by atoms with Gasteiger partial charge in [0.25, 0.3) is 0 Å². The molecule has 0 amide bonds. The molecule has 124 valence electrons. The van der Waals surface area contributed by atoms with E-state index in [0.29, 0.717) is 0 Å². The van der Waals surface area contributed by atoms with Crippen molar-refractivity contribution in [3.05, 3.63) is 47.4 Å². The van der Waals surface area contributed by atoms with Gasteiger partial charge in [0.05, 0.1) is 13.3 Å². The zero-order chi connectivity index (χ0) is 17.4. The number of ether oxygens (including phenoxy) is 1. The summed E-state index contributed by atoms with van der Waals surface area (Å²) in [6.45, 7) is 0. The highest BCUT2D eigenvalue weighted by Gasteiger charge is 2.31. The molecular formula is C12H6F5NO4S. The van der Waals surface area contributed by atoms with Gasteiger partial charge in [0, 0.05) is 0 Å². The minimum absolute atomic E-state index is 0.167. The van der Waals surface area contributed by atoms with Crippen LogP contribution < -0.4 is 8.92 Å². The van der Waals surface area contributed by atoms with E-state index in [1.165, 1.54) is 7.11 Å². The number of aromatic nitrogens is 1. The highest BCUT2D eigenvalue weighted by molar-refractivity contribution is 7.87. The summed E-state index contributed by atoms with van der Waals surface area (Å²) in [5, 5.41) is -0.817. The largest absolute Gasteiger partial charge is 0.495 e. The van der Waals surface area contributed by atoms with Gasteiger partial charge in [0.15, 0.2) is 5.03 Å². The fraction of sp³-hybridized carbons (Fsp3) is 0.0833. The molecule has 0 atom stereocenters. The van der Waals surface area contributed by atoms with Crippen molar-refractivity contribution < 1.29 is 39.3 Å². The van der Waals surface area contributed by atoms with Crippen molar-refractivity contribution >= 4 is 10.1 Å². The standard InChI is InChI=1S/C12H6F5NO4S/c1-21-5-2-3-6(18-4-5)23(19,20)22-12-10(16)8(14)7(13)9(15)11(12)17/h2-4H,1H3. The van der Waals surface area contributed by atoms with Crippen LogP contribution >= 0.6 is 0 Å². The summed E-state index contributed by atoms with van der Waals surface area (Å²) in [7, 11) is -3.66. The van der Waals surface area contributed by atoms with Crippen molar-refractivity contribution in [2.75, 3.05) is 7.11 Å². The van der Waals surface area contributed by atoms with Gasteiger partial charge in [0.2, 0.25) is 34.8 Å². The molecule has 0 radical (unpaired) electrons. The molecule has 0 saturated carbocycles. The summed E-state index contributed by atoms with van der Waals surface area (Å²) in [4.78, 5) is 3.39. The molecule has 0 aliphatic heterocycles. The predicted octanol–water partition coefficient (Wildman–Crippen LogP) is 2.55. The van der Waals surface area contributed by atoms with Gasteiger partial charge in [0.1, 0.15) is 5.75 Å². The van der Waals surface area contributed by atoms with Crippen molar-refractivity contribution in [1.82, 2.24) is 4.98 Å². The second-order valence-corrected chi connectivity index (χ2v) is 5.47. The van der Waals surface area contributed by atoms with Gasteiger partial charge in [-0.3, -0.25) is 0 Å². The Labute approximate surface area is 126 Å². The smallest absolute Gasteiger partial charge is 0.357 e. The Morgan fingerprint density at radius 2 is 1.43 bits per heavy atom. The fourth-order valence-electron chi connectivity index (χ4n) is 1.45. The highest BCUT2D eigenvalue weighted by Crippen LogP contribution is 2.31. The molecule has 0 aliphatic carbocycles. The number of methoxy groups -OCH3 is 1. The summed E-state index contributed by atoms with van der Waals surface area (Å²) in [6, 6.07) is 2.00. The van der Waals surface area contributed by atoms with Crippen LogP contribution in [-0.4, -0.2) is 20.5 Å². The van der Waals surface area contributed by atoms with Crippen molar-refractivity contribution in [3.8, 4) is 11.5 Å². The van der Waals surface area contributed by atoms with E-state index >= 15 is 0 Å². The van der Waals surface area contributed by atoms with Gasteiger partial charge in [-0.15, -0.1) is 0 Å². The molecule has 0 saturated heterocycles. The normalized spacial score (nSPS) is 11.4. The topological polar surface area (TPSA) is 65.5 Å². The van der Waals surface area contributed by atoms with Crippen molar-refractivity contribution in [3.63, 3.8) is 0 Å². The summed E-state index contributed by atoms with van der Waals surface area (Å²) < 4.78 is 98.1. The van der Waals surface area contributed by atoms with Gasteiger partial charge in [-0.05, 0) is 12.1 Å². The third kappa shape index (κ3) is 3.04. The Kier molecular flexibility index (Phi) is 4.41. The quantitative estimate of drug-likeness (QED) is 0.365. The maximum absolute atomic E-state index is 13.4. The molecule has 2 rings (SSSR count). The lowest BCUT2D eigenvalue weighted by atomic mass is 10.3. The van der Waals surface area contributed by atoms with Gasteiger partial charge in [-0.25, -0.2) is 18.2 Å². The summed E-state index contributed by atoms with van der Waals surface area (Å²) >= 11 is 0. The maximum Gasteiger partial charge on any atom is 0.357 e. The van der Waals surface area contributed by atoms with E-state index in [1.54, 1.807) is 0 Å². The van der Waals surface area contributed by atoms with E-state index in [1.807, 2.05) is 0 Å². The molecule has 0 bridgehead atoms. The van der Waals surface area contributed by atoms with Crippen molar-refractivity contribution in [2.45, 2.75) is 5.03 Å². The molecule has 0 aliphatic rings. The number of pyridine rings is 1. The molecule has 0 spiro atoms. The van der Waals surface area contributed by atoms with E-state index in [9.17, 15) is 30.4 Å². The molecule has 0 unspecified atom stereocenters. The van der Waals surface area contributed by atoms with E-state index in [2.05, 4.69) is 9.17 Å². The van der Waals surface area contributed by atoms with Crippen LogP contribution in [0.5, 0.6) is 11.5 Å². The Bertz CT molecular complexity index is 826. The molecule has 0 fully saturated rings. The van der Waals surface area contributed by atoms with Crippen LogP contribution in [0.4, 0.5) is 22.0 Å². The van der Waals surface area contributed by atoms with Crippen LogP contribution in [-0.2, 0) is 10.1 Å². The lowest BCUT2D eigenvalue weighted by molar-refractivity contribution is 0.346. The average molecular weight is 355 g/mol. The number of nitrogens with zero attached hydrogens (tertiary/aromatic N) is 1. The predicted molar refractivity (Wildman–Crippen MR) is 64.8 cm³/mol. The number of hydrogen-bond acceptors (Lipinski definition) is 5. The summed E-state index contributed by atoms with van der Waals surface area (Å²) in [6.07, 6.45) is 0.953. The first-order valence-corrected chi connectivity index (χ1v) is 7.05. The maximum atomic E-state index is 13.4. The molecule has 23 heavy (non-hydrogen) atoms. The Hall–Kier alpha value is -2.43. The molecule has 2 aromatic rings. The summed E-state index contributed by atoms with van der Waals surface area (Å²) in [5.41, 5.74) is 0. The van der Waals surface area contributed by atoms with Crippen LogP contribution in [0.2, 0.25) is 0 Å². The third-order valence-electron chi connectivity index (χ3n) is 2.56. The lowest BCUT2D eigenvalue weighted by Gasteiger charge is -2.10. The van der Waals surface area contributed by atoms with Crippen LogP contribution in [0.15, 0.2) is 23.4 Å². The number of rotatable bonds is 4. The third-order valence-corrected chi connectivity index (χ3v) is 3.70. The Balaban J connectivity index is 2.49. The van der Waals surface area contributed by atoms with Gasteiger partial charge in [-0.2, -0.15) is 17.2 Å². The van der Waals surface area contributed by atoms with Crippen molar-refractivity contribution in [1.29, 1.82) is 0 Å². The fourth-order valence-corrected chi connectivity index (χ4v) is 2.31. The van der Waals surface area contributed by atoms with Crippen molar-refractivity contribution in [2.24, 2.45) is 0 Å². The molecular weight excluding hydrogens is 349 g/mol. The minimum Gasteiger partial charge on any atom is -0.495 e. The first-order chi connectivity index (χ1) is 10.7. The van der Waals surface area contributed by atoms with E-state index in [-0.39, 0.29) is 5.75 Å². The molecule has 0 N–H and O–H groups in total.